The molecule has 0 bridgehead atoms. The van der Waals surface area contributed by atoms with E-state index in [1.165, 1.54) is 12.1 Å². The molecule has 3 heterocycles. The smallest absolute Gasteiger partial charge is 0.335 e. The first-order valence-electron chi connectivity index (χ1n) is 17.4. The Morgan fingerprint density at radius 1 is 0.958 bits per heavy atom. The normalized spacial score (nSPS) is 16.5. The number of morpholine rings is 1. The minimum Gasteiger partial charge on any atom is -0.478 e. The molecule has 2 amide bonds. The van der Waals surface area contributed by atoms with Gasteiger partial charge in [-0.25, -0.2) is 9.78 Å². The van der Waals surface area contributed by atoms with E-state index >= 15 is 0 Å². The number of carbonyl (C=O) groups excluding carboxylic acids is 2. The number of nitrogens with zero attached hydrogens (tertiary/aromatic N) is 5. The molecular weight excluding hydrogens is 610 g/mol. The minimum absolute atomic E-state index is 0.0212. The van der Waals surface area contributed by atoms with Crippen molar-refractivity contribution in [3.63, 3.8) is 0 Å². The van der Waals surface area contributed by atoms with Crippen molar-refractivity contribution < 1.29 is 29.3 Å². The quantitative estimate of drug-likeness (QED) is 0.243. The summed E-state index contributed by atoms with van der Waals surface area (Å²) in [6, 6.07) is 11.9. The molecule has 1 saturated heterocycles. The molecule has 2 aliphatic rings. The van der Waals surface area contributed by atoms with Crippen LogP contribution in [0.5, 0.6) is 0 Å². The number of benzene rings is 2. The van der Waals surface area contributed by atoms with Crippen LogP contribution in [0.3, 0.4) is 0 Å². The van der Waals surface area contributed by atoms with Gasteiger partial charge < -0.3 is 29.3 Å². The third-order valence-corrected chi connectivity index (χ3v) is 9.39. The Kier molecular flexibility index (Phi) is 12.4. The zero-order valence-electron chi connectivity index (χ0n) is 28.3. The number of rotatable bonds is 15. The highest BCUT2D eigenvalue weighted by Gasteiger charge is 2.33. The van der Waals surface area contributed by atoms with Gasteiger partial charge in [-0.3, -0.25) is 14.5 Å². The van der Waals surface area contributed by atoms with Gasteiger partial charge >= 0.3 is 5.97 Å². The fourth-order valence-corrected chi connectivity index (χ4v) is 6.56. The van der Waals surface area contributed by atoms with Crippen molar-refractivity contribution in [1.29, 1.82) is 0 Å². The van der Waals surface area contributed by atoms with E-state index in [9.17, 15) is 24.6 Å². The number of aromatic nitrogens is 2. The number of unbranched alkanes of at least 4 members (excludes halogenated alkanes) is 2. The van der Waals surface area contributed by atoms with Crippen LogP contribution in [0.25, 0.3) is 11.4 Å². The number of aliphatic hydroxyl groups is 1. The van der Waals surface area contributed by atoms with E-state index in [1.54, 1.807) is 17.2 Å². The molecule has 1 fully saturated rings. The lowest BCUT2D eigenvalue weighted by Crippen LogP contribution is -2.46. The Morgan fingerprint density at radius 2 is 1.67 bits per heavy atom. The van der Waals surface area contributed by atoms with Gasteiger partial charge in [-0.15, -0.1) is 0 Å². The summed E-state index contributed by atoms with van der Waals surface area (Å²) in [7, 11) is 0. The highest BCUT2D eigenvalue weighted by molar-refractivity contribution is 6.03. The maximum Gasteiger partial charge on any atom is 0.335 e. The van der Waals surface area contributed by atoms with Gasteiger partial charge in [-0.05, 0) is 55.0 Å². The fourth-order valence-electron chi connectivity index (χ4n) is 6.56. The average Bonchev–Trinajstić information content (AvgIpc) is 3.54. The first kappa shape index (κ1) is 35.3. The van der Waals surface area contributed by atoms with Gasteiger partial charge in [-0.1, -0.05) is 51.0 Å². The number of aliphatic hydroxyl groups excluding tert-OH is 1. The first-order chi connectivity index (χ1) is 23.3. The molecule has 258 valence electrons. The number of imidazole rings is 1. The number of fused-ring (bicyclic) bond motifs is 1. The summed E-state index contributed by atoms with van der Waals surface area (Å²) in [4.78, 5) is 51.3. The Balaban J connectivity index is 1.54. The Bertz CT molecular complexity index is 1560. The molecule has 1 aromatic heterocycles. The minimum atomic E-state index is -1.15. The van der Waals surface area contributed by atoms with Gasteiger partial charge in [0.15, 0.2) is 0 Å². The van der Waals surface area contributed by atoms with Gasteiger partial charge in [0, 0.05) is 57.6 Å². The number of hydrogen-bond donors (Lipinski definition) is 2. The van der Waals surface area contributed by atoms with Crippen molar-refractivity contribution in [3.8, 4) is 11.4 Å². The first-order valence-corrected chi connectivity index (χ1v) is 17.4. The van der Waals surface area contributed by atoms with Crippen LogP contribution in [0.1, 0.15) is 88.3 Å². The molecule has 2 aromatic carbocycles. The van der Waals surface area contributed by atoms with E-state index in [4.69, 9.17) is 9.72 Å². The largest absolute Gasteiger partial charge is 0.478 e. The molecule has 0 radical (unpaired) electrons. The Labute approximate surface area is 283 Å². The van der Waals surface area contributed by atoms with Gasteiger partial charge in [-0.2, -0.15) is 0 Å². The molecule has 1 atom stereocenters. The molecule has 2 N–H and O–H groups in total. The summed E-state index contributed by atoms with van der Waals surface area (Å²) in [5.74, 6) is -1.23. The molecule has 0 spiro atoms. The number of carbonyl (C=O) groups is 3. The predicted octanol–water partition coefficient (Wildman–Crippen LogP) is 4.57. The number of amides is 2. The molecule has 11 nitrogen and oxygen atoms in total. The number of carboxylic acid groups (broad SMARTS) is 1. The molecule has 0 aliphatic carbocycles. The SMILES string of the molecule is CCCCN(CCCC)C(=O)c1cn(CCCN2CCOCC2)c(-c2ccc(C(=O)O)cc2C(=O)N2Cc3ccccc3CC2CO)n1. The standard InChI is InChI=1S/C37H49N5O6/c1-3-5-15-40(16-6-4-2)36(45)33-25-41(17-9-14-39-18-20-48-21-19-39)34(38-33)31-13-12-28(37(46)47)23-32(31)35(44)42-24-29-11-8-7-10-27(29)22-30(42)26-43/h7-8,10-13,23,25,30,43H,3-6,9,14-22,24,26H2,1-2H3,(H,46,47). The zero-order chi connectivity index (χ0) is 34.0. The van der Waals surface area contributed by atoms with Crippen LogP contribution in [-0.2, 0) is 24.2 Å². The zero-order valence-corrected chi connectivity index (χ0v) is 28.3. The van der Waals surface area contributed by atoms with Crippen molar-refractivity contribution in [2.24, 2.45) is 0 Å². The van der Waals surface area contributed by atoms with Crippen LogP contribution in [0, 0.1) is 0 Å². The lowest BCUT2D eigenvalue weighted by molar-refractivity contribution is 0.0369. The average molecular weight is 660 g/mol. The number of carboxylic acids is 1. The van der Waals surface area contributed by atoms with Crippen molar-refractivity contribution in [2.75, 3.05) is 52.5 Å². The number of hydrogen-bond acceptors (Lipinski definition) is 7. The summed E-state index contributed by atoms with van der Waals surface area (Å²) in [5.41, 5.74) is 3.00. The third-order valence-electron chi connectivity index (χ3n) is 9.39. The van der Waals surface area contributed by atoms with E-state index in [0.29, 0.717) is 62.9 Å². The molecule has 1 unspecified atom stereocenters. The molecule has 3 aromatic rings. The van der Waals surface area contributed by atoms with Crippen molar-refractivity contribution in [2.45, 2.75) is 71.5 Å². The molecule has 2 aliphatic heterocycles. The molecule has 0 saturated carbocycles. The lowest BCUT2D eigenvalue weighted by Gasteiger charge is -2.36. The maximum atomic E-state index is 14.5. The highest BCUT2D eigenvalue weighted by Crippen LogP contribution is 2.31. The second kappa shape index (κ2) is 16.9. The highest BCUT2D eigenvalue weighted by atomic mass is 16.5. The van der Waals surface area contributed by atoms with Gasteiger partial charge in [0.1, 0.15) is 11.5 Å². The van der Waals surface area contributed by atoms with Crippen molar-refractivity contribution >= 4 is 17.8 Å². The van der Waals surface area contributed by atoms with E-state index in [-0.39, 0.29) is 29.5 Å². The Morgan fingerprint density at radius 3 is 2.33 bits per heavy atom. The maximum absolute atomic E-state index is 14.5. The number of ether oxygens (including phenoxy) is 1. The second-order valence-corrected chi connectivity index (χ2v) is 12.8. The van der Waals surface area contributed by atoms with Crippen LogP contribution in [-0.4, -0.2) is 111 Å². The van der Waals surface area contributed by atoms with E-state index in [1.807, 2.05) is 33.7 Å². The Hall–Kier alpha value is -4.06. The van der Waals surface area contributed by atoms with Crippen LogP contribution < -0.4 is 0 Å². The van der Waals surface area contributed by atoms with Gasteiger partial charge in [0.05, 0.1) is 37.0 Å². The topological polar surface area (TPSA) is 128 Å². The number of aromatic carboxylic acids is 1. The van der Waals surface area contributed by atoms with Gasteiger partial charge in [0.2, 0.25) is 0 Å². The summed E-state index contributed by atoms with van der Waals surface area (Å²) >= 11 is 0. The van der Waals surface area contributed by atoms with Gasteiger partial charge in [0.25, 0.3) is 11.8 Å². The van der Waals surface area contributed by atoms with Crippen LogP contribution in [0.15, 0.2) is 48.7 Å². The number of aryl methyl sites for hydroxylation is 1. The second-order valence-electron chi connectivity index (χ2n) is 12.8. The van der Waals surface area contributed by atoms with E-state index in [0.717, 1.165) is 62.9 Å². The van der Waals surface area contributed by atoms with Crippen LogP contribution in [0.2, 0.25) is 0 Å². The van der Waals surface area contributed by atoms with E-state index < -0.39 is 12.0 Å². The molecule has 48 heavy (non-hydrogen) atoms. The summed E-state index contributed by atoms with van der Waals surface area (Å²) in [5, 5.41) is 20.3. The molecule has 5 rings (SSSR count). The van der Waals surface area contributed by atoms with Crippen LogP contribution >= 0.6 is 0 Å². The lowest BCUT2D eigenvalue weighted by atomic mass is 9.92. The fraction of sp³-hybridized carbons (Fsp3) is 0.514. The van der Waals surface area contributed by atoms with Crippen LogP contribution in [0.4, 0.5) is 0 Å². The van der Waals surface area contributed by atoms with E-state index in [2.05, 4.69) is 18.7 Å². The molecular formula is C37H49N5O6. The summed E-state index contributed by atoms with van der Waals surface area (Å²) in [6.45, 7) is 10.1. The summed E-state index contributed by atoms with van der Waals surface area (Å²) in [6.07, 6.45) is 6.79. The predicted molar refractivity (Wildman–Crippen MR) is 183 cm³/mol. The van der Waals surface area contributed by atoms with Crippen molar-refractivity contribution in [3.05, 3.63) is 76.6 Å². The molecule has 11 heteroatoms. The van der Waals surface area contributed by atoms with Crippen molar-refractivity contribution in [1.82, 2.24) is 24.3 Å². The third kappa shape index (κ3) is 8.32. The summed E-state index contributed by atoms with van der Waals surface area (Å²) < 4.78 is 7.44. The monoisotopic (exact) mass is 659 g/mol.